The van der Waals surface area contributed by atoms with Crippen molar-refractivity contribution >= 4 is 5.91 Å². The first kappa shape index (κ1) is 15.1. The minimum Gasteiger partial charge on any atom is -0.352 e. The second-order valence-corrected chi connectivity index (χ2v) is 5.05. The van der Waals surface area contributed by atoms with Gasteiger partial charge in [-0.3, -0.25) is 4.79 Å². The molecular weight excluding hydrogens is 264 g/mol. The van der Waals surface area contributed by atoms with Crippen molar-refractivity contribution in [2.75, 3.05) is 6.54 Å². The van der Waals surface area contributed by atoms with Crippen molar-refractivity contribution in [3.05, 3.63) is 58.9 Å². The number of hydrogen-bond acceptors (Lipinski definition) is 4. The van der Waals surface area contributed by atoms with Crippen LogP contribution in [0.25, 0.3) is 0 Å². The summed E-state index contributed by atoms with van der Waals surface area (Å²) in [6, 6.07) is 11.5. The standard InChI is InChI=1S/C16H20N4O/c1-11-10-14(12(2)20-19-11)16(21)18-9-8-15(17)13-6-4-3-5-7-13/h3-7,10,15H,8-9,17H2,1-2H3,(H,18,21). The summed E-state index contributed by atoms with van der Waals surface area (Å²) in [6.07, 6.45) is 0.687. The van der Waals surface area contributed by atoms with Crippen LogP contribution in [0, 0.1) is 13.8 Å². The molecule has 1 unspecified atom stereocenters. The first-order valence-electron chi connectivity index (χ1n) is 6.97. The van der Waals surface area contributed by atoms with E-state index in [1.807, 2.05) is 37.3 Å². The molecule has 0 saturated carbocycles. The van der Waals surface area contributed by atoms with Crippen molar-refractivity contribution in [1.82, 2.24) is 15.5 Å². The zero-order valence-corrected chi connectivity index (χ0v) is 12.3. The van der Waals surface area contributed by atoms with Crippen LogP contribution in [0.2, 0.25) is 0 Å². The predicted octanol–water partition coefficient (Wildman–Crippen LogP) is 1.91. The van der Waals surface area contributed by atoms with E-state index in [4.69, 9.17) is 5.73 Å². The summed E-state index contributed by atoms with van der Waals surface area (Å²) >= 11 is 0. The molecule has 110 valence electrons. The van der Waals surface area contributed by atoms with Crippen molar-refractivity contribution in [3.8, 4) is 0 Å². The number of rotatable bonds is 5. The Hall–Kier alpha value is -2.27. The van der Waals surface area contributed by atoms with Crippen LogP contribution < -0.4 is 11.1 Å². The Morgan fingerprint density at radius 2 is 1.95 bits per heavy atom. The molecule has 5 nitrogen and oxygen atoms in total. The number of aromatic nitrogens is 2. The van der Waals surface area contributed by atoms with E-state index in [2.05, 4.69) is 15.5 Å². The van der Waals surface area contributed by atoms with E-state index >= 15 is 0 Å². The van der Waals surface area contributed by atoms with Gasteiger partial charge >= 0.3 is 0 Å². The molecule has 0 aliphatic rings. The SMILES string of the molecule is Cc1cc(C(=O)NCCC(N)c2ccccc2)c(C)nn1. The monoisotopic (exact) mass is 284 g/mol. The van der Waals surface area contributed by atoms with Crippen LogP contribution in [-0.4, -0.2) is 22.6 Å². The van der Waals surface area contributed by atoms with E-state index in [1.165, 1.54) is 0 Å². The maximum absolute atomic E-state index is 12.1. The van der Waals surface area contributed by atoms with Crippen LogP contribution in [-0.2, 0) is 0 Å². The van der Waals surface area contributed by atoms with Crippen molar-refractivity contribution < 1.29 is 4.79 Å². The van der Waals surface area contributed by atoms with E-state index in [-0.39, 0.29) is 11.9 Å². The maximum atomic E-state index is 12.1. The molecule has 0 fully saturated rings. The predicted molar refractivity (Wildman–Crippen MR) is 81.8 cm³/mol. The maximum Gasteiger partial charge on any atom is 0.253 e. The highest BCUT2D eigenvalue weighted by Crippen LogP contribution is 2.12. The number of carbonyl (C=O) groups excluding carboxylic acids is 1. The van der Waals surface area contributed by atoms with E-state index in [0.29, 0.717) is 24.2 Å². The highest BCUT2D eigenvalue weighted by molar-refractivity contribution is 5.95. The van der Waals surface area contributed by atoms with Crippen molar-refractivity contribution in [2.24, 2.45) is 5.73 Å². The third kappa shape index (κ3) is 4.10. The van der Waals surface area contributed by atoms with Crippen LogP contribution >= 0.6 is 0 Å². The van der Waals surface area contributed by atoms with E-state index in [9.17, 15) is 4.79 Å². The summed E-state index contributed by atoms with van der Waals surface area (Å²) < 4.78 is 0. The Morgan fingerprint density at radius 1 is 1.24 bits per heavy atom. The molecule has 0 saturated heterocycles. The van der Waals surface area contributed by atoms with Gasteiger partial charge in [0.25, 0.3) is 5.91 Å². The summed E-state index contributed by atoms with van der Waals surface area (Å²) in [7, 11) is 0. The second-order valence-electron chi connectivity index (χ2n) is 5.05. The lowest BCUT2D eigenvalue weighted by Gasteiger charge is -2.13. The van der Waals surface area contributed by atoms with Crippen molar-refractivity contribution in [3.63, 3.8) is 0 Å². The number of hydrogen-bond donors (Lipinski definition) is 2. The van der Waals surface area contributed by atoms with Gasteiger partial charge < -0.3 is 11.1 Å². The normalized spacial score (nSPS) is 12.0. The number of nitrogens with zero attached hydrogens (tertiary/aromatic N) is 2. The van der Waals surface area contributed by atoms with Crippen LogP contribution in [0.1, 0.15) is 39.8 Å². The molecule has 0 radical (unpaired) electrons. The zero-order valence-electron chi connectivity index (χ0n) is 12.3. The number of nitrogens with one attached hydrogen (secondary N) is 1. The molecule has 0 aliphatic heterocycles. The quantitative estimate of drug-likeness (QED) is 0.879. The Kier molecular flexibility index (Phi) is 5.00. The molecule has 1 heterocycles. The average molecular weight is 284 g/mol. The minimum atomic E-state index is -0.134. The van der Waals surface area contributed by atoms with Crippen LogP contribution in [0.3, 0.4) is 0 Å². The highest BCUT2D eigenvalue weighted by Gasteiger charge is 2.11. The van der Waals surface area contributed by atoms with Gasteiger partial charge in [0.15, 0.2) is 0 Å². The van der Waals surface area contributed by atoms with Crippen LogP contribution in [0.15, 0.2) is 36.4 Å². The molecule has 0 spiro atoms. The lowest BCUT2D eigenvalue weighted by atomic mass is 10.0. The fourth-order valence-corrected chi connectivity index (χ4v) is 2.08. The van der Waals surface area contributed by atoms with Gasteiger partial charge in [-0.2, -0.15) is 10.2 Å². The molecule has 2 aromatic rings. The lowest BCUT2D eigenvalue weighted by Crippen LogP contribution is -2.28. The molecule has 1 amide bonds. The number of carbonyl (C=O) groups is 1. The number of amides is 1. The van der Waals surface area contributed by atoms with Gasteiger partial charge in [0.05, 0.1) is 17.0 Å². The zero-order chi connectivity index (χ0) is 15.2. The largest absolute Gasteiger partial charge is 0.352 e. The van der Waals surface area contributed by atoms with Gasteiger partial charge in [0.1, 0.15) is 0 Å². The molecular formula is C16H20N4O. The van der Waals surface area contributed by atoms with E-state index < -0.39 is 0 Å². The summed E-state index contributed by atoms with van der Waals surface area (Å²) in [5, 5.41) is 10.8. The topological polar surface area (TPSA) is 80.9 Å². The molecule has 1 atom stereocenters. The highest BCUT2D eigenvalue weighted by atomic mass is 16.1. The summed E-state index contributed by atoms with van der Waals surface area (Å²) in [4.78, 5) is 12.1. The van der Waals surface area contributed by atoms with Gasteiger partial charge in [-0.25, -0.2) is 0 Å². The van der Waals surface area contributed by atoms with Gasteiger partial charge in [0.2, 0.25) is 0 Å². The molecule has 21 heavy (non-hydrogen) atoms. The molecule has 2 rings (SSSR count). The number of benzene rings is 1. The first-order chi connectivity index (χ1) is 10.1. The molecule has 1 aromatic heterocycles. The summed E-state index contributed by atoms with van der Waals surface area (Å²) in [5.41, 5.74) is 9.10. The van der Waals surface area contributed by atoms with Gasteiger partial charge in [-0.15, -0.1) is 0 Å². The Morgan fingerprint density at radius 3 is 2.67 bits per heavy atom. The first-order valence-corrected chi connectivity index (χ1v) is 6.97. The Labute approximate surface area is 124 Å². The third-order valence-corrected chi connectivity index (χ3v) is 3.31. The summed E-state index contributed by atoms with van der Waals surface area (Å²) in [6.45, 7) is 4.11. The Balaban J connectivity index is 1.88. The summed E-state index contributed by atoms with van der Waals surface area (Å²) in [5.74, 6) is -0.134. The lowest BCUT2D eigenvalue weighted by molar-refractivity contribution is 0.0951. The molecule has 1 aromatic carbocycles. The second kappa shape index (κ2) is 6.95. The van der Waals surface area contributed by atoms with Crippen LogP contribution in [0.4, 0.5) is 0 Å². The van der Waals surface area contributed by atoms with Crippen molar-refractivity contribution in [1.29, 1.82) is 0 Å². The minimum absolute atomic E-state index is 0.0788. The molecule has 3 N–H and O–H groups in total. The average Bonchev–Trinajstić information content (AvgIpc) is 2.50. The van der Waals surface area contributed by atoms with Gasteiger partial charge in [-0.05, 0) is 31.9 Å². The fraction of sp³-hybridized carbons (Fsp3) is 0.312. The number of nitrogens with two attached hydrogens (primary N) is 1. The van der Waals surface area contributed by atoms with Gasteiger partial charge in [-0.1, -0.05) is 30.3 Å². The van der Waals surface area contributed by atoms with Crippen molar-refractivity contribution in [2.45, 2.75) is 26.3 Å². The van der Waals surface area contributed by atoms with E-state index in [0.717, 1.165) is 11.3 Å². The Bertz CT molecular complexity index is 613. The fourth-order valence-electron chi connectivity index (χ4n) is 2.08. The van der Waals surface area contributed by atoms with Crippen LogP contribution in [0.5, 0.6) is 0 Å². The van der Waals surface area contributed by atoms with Gasteiger partial charge in [0, 0.05) is 12.6 Å². The molecule has 0 bridgehead atoms. The molecule has 0 aliphatic carbocycles. The smallest absolute Gasteiger partial charge is 0.253 e. The van der Waals surface area contributed by atoms with E-state index in [1.54, 1.807) is 13.0 Å². The molecule has 5 heteroatoms. The number of aryl methyl sites for hydroxylation is 2. The third-order valence-electron chi connectivity index (χ3n) is 3.31.